The van der Waals surface area contributed by atoms with Gasteiger partial charge in [-0.3, -0.25) is 14.3 Å². The topological polar surface area (TPSA) is 79.9 Å². The van der Waals surface area contributed by atoms with Gasteiger partial charge in [0.25, 0.3) is 5.91 Å². The van der Waals surface area contributed by atoms with Gasteiger partial charge in [-0.05, 0) is 55.8 Å². The number of hydrogen-bond acceptors (Lipinski definition) is 4. The number of hydrogen-bond donors (Lipinski definition) is 1. The van der Waals surface area contributed by atoms with E-state index in [1.807, 2.05) is 19.9 Å². The van der Waals surface area contributed by atoms with Crippen LogP contribution in [-0.2, 0) is 4.79 Å². The SMILES string of the molecule is Cc1c(C#N)c(NC(=O)COc2ccc(Cl)cc2)n(-c2cccnc2)c1C. The molecule has 27 heavy (non-hydrogen) atoms. The van der Waals surface area contributed by atoms with E-state index in [1.54, 1.807) is 47.3 Å². The van der Waals surface area contributed by atoms with E-state index in [4.69, 9.17) is 16.3 Å². The predicted molar refractivity (Wildman–Crippen MR) is 103 cm³/mol. The summed E-state index contributed by atoms with van der Waals surface area (Å²) in [5.41, 5.74) is 2.83. The highest BCUT2D eigenvalue weighted by atomic mass is 35.5. The smallest absolute Gasteiger partial charge is 0.263 e. The number of aromatic nitrogens is 2. The minimum Gasteiger partial charge on any atom is -0.484 e. The first kappa shape index (κ1) is 18.5. The number of ether oxygens (including phenoxy) is 1. The number of amides is 1. The minimum absolute atomic E-state index is 0.192. The highest BCUT2D eigenvalue weighted by Crippen LogP contribution is 2.29. The van der Waals surface area contributed by atoms with Gasteiger partial charge in [-0.2, -0.15) is 5.26 Å². The maximum absolute atomic E-state index is 12.4. The molecule has 1 N–H and O–H groups in total. The van der Waals surface area contributed by atoms with Gasteiger partial charge in [0, 0.05) is 16.9 Å². The van der Waals surface area contributed by atoms with Crippen LogP contribution in [0, 0.1) is 25.2 Å². The van der Waals surface area contributed by atoms with Gasteiger partial charge in [-0.25, -0.2) is 0 Å². The normalized spacial score (nSPS) is 10.3. The summed E-state index contributed by atoms with van der Waals surface area (Å²) in [6.45, 7) is 3.55. The highest BCUT2D eigenvalue weighted by Gasteiger charge is 2.20. The first-order valence-corrected chi connectivity index (χ1v) is 8.59. The van der Waals surface area contributed by atoms with Gasteiger partial charge in [0.1, 0.15) is 17.6 Å². The molecule has 0 spiro atoms. The molecule has 0 fully saturated rings. The second-order valence-corrected chi connectivity index (χ2v) is 6.32. The number of nitrogens with one attached hydrogen (secondary N) is 1. The summed E-state index contributed by atoms with van der Waals surface area (Å²) in [5, 5.41) is 12.9. The zero-order valence-corrected chi connectivity index (χ0v) is 15.6. The van der Waals surface area contributed by atoms with Crippen molar-refractivity contribution >= 4 is 23.3 Å². The number of carbonyl (C=O) groups excluding carboxylic acids is 1. The Bertz CT molecular complexity index is 1010. The summed E-state index contributed by atoms with van der Waals surface area (Å²) < 4.78 is 7.28. The number of nitrogens with zero attached hydrogens (tertiary/aromatic N) is 3. The van der Waals surface area contributed by atoms with Crippen LogP contribution in [0.25, 0.3) is 5.69 Å². The van der Waals surface area contributed by atoms with E-state index in [-0.39, 0.29) is 12.5 Å². The Morgan fingerprint density at radius 1 is 1.30 bits per heavy atom. The second kappa shape index (κ2) is 7.94. The lowest BCUT2D eigenvalue weighted by Gasteiger charge is -2.13. The van der Waals surface area contributed by atoms with Crippen molar-refractivity contribution in [3.63, 3.8) is 0 Å². The molecule has 0 bridgehead atoms. The van der Waals surface area contributed by atoms with Gasteiger partial charge in [0.05, 0.1) is 17.4 Å². The third-order valence-electron chi connectivity index (χ3n) is 4.17. The monoisotopic (exact) mass is 380 g/mol. The zero-order valence-electron chi connectivity index (χ0n) is 14.9. The molecule has 3 aromatic rings. The molecule has 7 heteroatoms. The molecule has 0 aliphatic carbocycles. The van der Waals surface area contributed by atoms with Crippen molar-refractivity contribution in [3.05, 3.63) is 70.6 Å². The number of pyridine rings is 1. The Labute approximate surface area is 162 Å². The van der Waals surface area contributed by atoms with Crippen LogP contribution < -0.4 is 10.1 Å². The first-order chi connectivity index (χ1) is 13.0. The number of rotatable bonds is 5. The van der Waals surface area contributed by atoms with Crippen LogP contribution in [0.3, 0.4) is 0 Å². The quantitative estimate of drug-likeness (QED) is 0.724. The number of halogens is 1. The molecule has 0 atom stereocenters. The summed E-state index contributed by atoms with van der Waals surface area (Å²) in [4.78, 5) is 16.5. The molecule has 0 saturated carbocycles. The molecule has 6 nitrogen and oxygen atoms in total. The fourth-order valence-electron chi connectivity index (χ4n) is 2.72. The van der Waals surface area contributed by atoms with E-state index in [9.17, 15) is 10.1 Å². The molecule has 2 aromatic heterocycles. The van der Waals surface area contributed by atoms with Gasteiger partial charge < -0.3 is 10.1 Å². The van der Waals surface area contributed by atoms with Crippen molar-refractivity contribution < 1.29 is 9.53 Å². The molecular formula is C20H17ClN4O2. The fraction of sp³-hybridized carbons (Fsp3) is 0.150. The van der Waals surface area contributed by atoms with Crippen LogP contribution in [0.4, 0.5) is 5.82 Å². The minimum atomic E-state index is -0.371. The van der Waals surface area contributed by atoms with Crippen molar-refractivity contribution in [3.8, 4) is 17.5 Å². The van der Waals surface area contributed by atoms with Gasteiger partial charge in [-0.15, -0.1) is 0 Å². The van der Waals surface area contributed by atoms with E-state index in [0.29, 0.717) is 22.2 Å². The molecule has 1 aromatic carbocycles. The molecule has 0 unspecified atom stereocenters. The highest BCUT2D eigenvalue weighted by molar-refractivity contribution is 6.30. The van der Waals surface area contributed by atoms with E-state index < -0.39 is 0 Å². The third-order valence-corrected chi connectivity index (χ3v) is 4.42. The third kappa shape index (κ3) is 3.94. The average molecular weight is 381 g/mol. The largest absolute Gasteiger partial charge is 0.484 e. The summed E-state index contributed by atoms with van der Waals surface area (Å²) in [5.74, 6) is 0.569. The van der Waals surface area contributed by atoms with Crippen molar-refractivity contribution in [2.45, 2.75) is 13.8 Å². The molecule has 3 rings (SSSR count). The van der Waals surface area contributed by atoms with Crippen molar-refractivity contribution in [1.29, 1.82) is 5.26 Å². The average Bonchev–Trinajstić information content (AvgIpc) is 2.91. The Kier molecular flexibility index (Phi) is 5.43. The van der Waals surface area contributed by atoms with E-state index in [2.05, 4.69) is 16.4 Å². The van der Waals surface area contributed by atoms with E-state index in [1.165, 1.54) is 0 Å². The van der Waals surface area contributed by atoms with Gasteiger partial charge in [-0.1, -0.05) is 11.6 Å². The molecule has 0 aliphatic rings. The maximum atomic E-state index is 12.4. The van der Waals surface area contributed by atoms with Crippen LogP contribution in [-0.4, -0.2) is 22.1 Å². The number of nitriles is 1. The van der Waals surface area contributed by atoms with Gasteiger partial charge in [0.15, 0.2) is 6.61 Å². The number of carbonyl (C=O) groups is 1. The first-order valence-electron chi connectivity index (χ1n) is 8.22. The summed E-state index contributed by atoms with van der Waals surface area (Å²) in [6.07, 6.45) is 3.34. The van der Waals surface area contributed by atoms with Crippen LogP contribution in [0.15, 0.2) is 48.8 Å². The zero-order chi connectivity index (χ0) is 19.4. The Morgan fingerprint density at radius 2 is 2.04 bits per heavy atom. The summed E-state index contributed by atoms with van der Waals surface area (Å²) in [6, 6.07) is 12.6. The van der Waals surface area contributed by atoms with E-state index >= 15 is 0 Å². The van der Waals surface area contributed by atoms with Crippen molar-refractivity contribution in [1.82, 2.24) is 9.55 Å². The van der Waals surface area contributed by atoms with Crippen LogP contribution in [0.1, 0.15) is 16.8 Å². The second-order valence-electron chi connectivity index (χ2n) is 5.88. The predicted octanol–water partition coefficient (Wildman–Crippen LogP) is 4.03. The lowest BCUT2D eigenvalue weighted by atomic mass is 10.2. The Morgan fingerprint density at radius 3 is 2.67 bits per heavy atom. The Balaban J connectivity index is 1.85. The summed E-state index contributed by atoms with van der Waals surface area (Å²) >= 11 is 5.83. The molecule has 0 aliphatic heterocycles. The lowest BCUT2D eigenvalue weighted by molar-refractivity contribution is -0.118. The van der Waals surface area contributed by atoms with Crippen molar-refractivity contribution in [2.75, 3.05) is 11.9 Å². The molecular weight excluding hydrogens is 364 g/mol. The van der Waals surface area contributed by atoms with Crippen LogP contribution in [0.2, 0.25) is 5.02 Å². The van der Waals surface area contributed by atoms with Crippen molar-refractivity contribution in [2.24, 2.45) is 0 Å². The van der Waals surface area contributed by atoms with Gasteiger partial charge >= 0.3 is 0 Å². The van der Waals surface area contributed by atoms with Gasteiger partial charge in [0.2, 0.25) is 0 Å². The molecule has 0 saturated heterocycles. The molecule has 0 radical (unpaired) electrons. The fourth-order valence-corrected chi connectivity index (χ4v) is 2.84. The summed E-state index contributed by atoms with van der Waals surface area (Å²) in [7, 11) is 0. The molecule has 2 heterocycles. The van der Waals surface area contributed by atoms with Crippen LogP contribution in [0.5, 0.6) is 5.75 Å². The van der Waals surface area contributed by atoms with Crippen LogP contribution >= 0.6 is 11.6 Å². The molecule has 136 valence electrons. The maximum Gasteiger partial charge on any atom is 0.263 e. The number of benzene rings is 1. The number of anilines is 1. The lowest BCUT2D eigenvalue weighted by Crippen LogP contribution is -2.22. The van der Waals surface area contributed by atoms with E-state index in [0.717, 1.165) is 16.9 Å². The molecule has 1 amide bonds. The standard InChI is InChI=1S/C20H17ClN4O2/c1-13-14(2)25(16-4-3-9-23-11-16)20(18(13)10-22)24-19(26)12-27-17-7-5-15(21)6-8-17/h3-9,11H,12H2,1-2H3,(H,24,26). The Hall–Kier alpha value is -3.30.